The summed E-state index contributed by atoms with van der Waals surface area (Å²) in [5, 5.41) is 10.6. The van der Waals surface area contributed by atoms with E-state index in [0.717, 1.165) is 115 Å². The number of rotatable bonds is 65. The van der Waals surface area contributed by atoms with Gasteiger partial charge in [-0.3, -0.25) is 37.3 Å². The number of hydrogen-bond donors (Lipinski definition) is 3. The van der Waals surface area contributed by atoms with Crippen LogP contribution in [0, 0.1) is 23.7 Å². The molecule has 0 rings (SSSR count). The van der Waals surface area contributed by atoms with E-state index < -0.39 is 97.5 Å². The minimum absolute atomic E-state index is 0.103. The SMILES string of the molecule is CC(C)CCCCCCCCCCCCCCCCCC(=O)O[C@H](COC(=O)CCCCCCCCC(C)C)COP(=O)(O)OC[C@@H](O)COP(=O)(O)OC[C@@H](COC(=O)CCCCCCCCC(C)C)OC(=O)CCCCCCCCCCC(C)C. The number of carbonyl (C=O) groups excluding carboxylic acids is 4. The summed E-state index contributed by atoms with van der Waals surface area (Å²) in [4.78, 5) is 72.3. The molecule has 17 nitrogen and oxygen atoms in total. The number of ether oxygens (including phenoxy) is 4. The van der Waals surface area contributed by atoms with Crippen LogP contribution in [0.3, 0.4) is 0 Å². The van der Waals surface area contributed by atoms with Crippen LogP contribution in [-0.4, -0.2) is 96.7 Å². The fourth-order valence-electron chi connectivity index (χ4n) is 10.1. The first-order valence-corrected chi connectivity index (χ1v) is 38.2. The van der Waals surface area contributed by atoms with Gasteiger partial charge in [0.15, 0.2) is 12.2 Å². The number of phosphoric acid groups is 2. The van der Waals surface area contributed by atoms with Crippen molar-refractivity contribution in [3.05, 3.63) is 0 Å². The monoisotopic (exact) mass is 1280 g/mol. The highest BCUT2D eigenvalue weighted by molar-refractivity contribution is 7.47. The minimum Gasteiger partial charge on any atom is -0.462 e. The van der Waals surface area contributed by atoms with E-state index in [2.05, 4.69) is 55.4 Å². The molecule has 5 atom stereocenters. The highest BCUT2D eigenvalue weighted by atomic mass is 31.2. The van der Waals surface area contributed by atoms with Gasteiger partial charge in [-0.25, -0.2) is 9.13 Å². The summed E-state index contributed by atoms with van der Waals surface area (Å²) in [7, 11) is -9.90. The summed E-state index contributed by atoms with van der Waals surface area (Å²) in [6, 6.07) is 0. The number of aliphatic hydroxyl groups is 1. The van der Waals surface area contributed by atoms with Crippen LogP contribution in [0.4, 0.5) is 0 Å². The molecule has 19 heteroatoms. The lowest BCUT2D eigenvalue weighted by Crippen LogP contribution is -2.30. The van der Waals surface area contributed by atoms with Gasteiger partial charge in [0.2, 0.25) is 0 Å². The molecule has 0 aromatic carbocycles. The third-order valence-electron chi connectivity index (χ3n) is 15.6. The van der Waals surface area contributed by atoms with Crippen LogP contribution in [0.5, 0.6) is 0 Å². The Morgan fingerprint density at radius 3 is 0.713 bits per heavy atom. The van der Waals surface area contributed by atoms with Crippen LogP contribution >= 0.6 is 15.6 Å². The van der Waals surface area contributed by atoms with E-state index in [4.69, 9.17) is 37.0 Å². The second-order valence-corrected chi connectivity index (χ2v) is 29.4. The summed E-state index contributed by atoms with van der Waals surface area (Å²) in [6.45, 7) is 13.9. The first kappa shape index (κ1) is 85.1. The molecule has 0 saturated heterocycles. The number of carbonyl (C=O) groups is 4. The molecule has 87 heavy (non-hydrogen) atoms. The van der Waals surface area contributed by atoms with Crippen LogP contribution in [0.1, 0.15) is 331 Å². The smallest absolute Gasteiger partial charge is 0.462 e. The summed E-state index contributed by atoms with van der Waals surface area (Å²) in [6.07, 6.45) is 39.4. The lowest BCUT2D eigenvalue weighted by Gasteiger charge is -2.21. The van der Waals surface area contributed by atoms with Gasteiger partial charge in [0, 0.05) is 25.7 Å². The summed E-state index contributed by atoms with van der Waals surface area (Å²) >= 11 is 0. The van der Waals surface area contributed by atoms with Gasteiger partial charge < -0.3 is 33.8 Å². The average molecular weight is 1280 g/mol. The molecular weight excluding hydrogens is 1150 g/mol. The molecule has 516 valence electrons. The Bertz CT molecular complexity index is 1730. The Hall–Kier alpha value is -1.94. The minimum atomic E-state index is -4.95. The van der Waals surface area contributed by atoms with Crippen LogP contribution in [0.25, 0.3) is 0 Å². The average Bonchev–Trinajstić information content (AvgIpc) is 3.67. The van der Waals surface area contributed by atoms with E-state index in [1.165, 1.54) is 122 Å². The molecule has 0 bridgehead atoms. The van der Waals surface area contributed by atoms with Crippen molar-refractivity contribution in [3.8, 4) is 0 Å². The Balaban J connectivity index is 5.19. The maximum atomic E-state index is 13.0. The Kier molecular flexibility index (Phi) is 56.6. The lowest BCUT2D eigenvalue weighted by atomic mass is 10.0. The van der Waals surface area contributed by atoms with E-state index in [1.54, 1.807) is 0 Å². The van der Waals surface area contributed by atoms with Gasteiger partial charge in [0.05, 0.1) is 26.4 Å². The molecule has 3 N–H and O–H groups in total. The molecular formula is C68H132O17P2. The number of hydrogen-bond acceptors (Lipinski definition) is 15. The van der Waals surface area contributed by atoms with Crippen molar-refractivity contribution >= 4 is 39.5 Å². The predicted molar refractivity (Wildman–Crippen MR) is 349 cm³/mol. The van der Waals surface area contributed by atoms with Gasteiger partial charge in [-0.1, -0.05) is 280 Å². The molecule has 0 aromatic rings. The Morgan fingerprint density at radius 2 is 0.483 bits per heavy atom. The molecule has 0 heterocycles. The molecule has 0 aliphatic carbocycles. The highest BCUT2D eigenvalue weighted by Crippen LogP contribution is 2.45. The standard InChI is InChI=1S/C68H132O17P2/c1-58(2)44-36-28-20-16-14-12-10-9-11-13-15-17-22-34-42-50-67(72)84-63(54-78-65(70)48-40-32-26-24-30-38-46-60(5)6)56-82-86(74,75)80-52-62(69)53-81-87(76,77)83-57-64(55-79-66(71)49-41-33-27-25-31-39-47-61(7)8)85-68(73)51-43-35-23-19-18-21-29-37-45-59(3)4/h58-64,69H,9-57H2,1-8H3,(H,74,75)(H,76,77)/t62-,63-,64-/m1/s1. The first-order chi connectivity index (χ1) is 41.6. The predicted octanol–water partition coefficient (Wildman–Crippen LogP) is 18.9. The van der Waals surface area contributed by atoms with E-state index >= 15 is 0 Å². The van der Waals surface area contributed by atoms with Crippen LogP contribution < -0.4 is 0 Å². The van der Waals surface area contributed by atoms with Gasteiger partial charge in [0.25, 0.3) is 0 Å². The summed E-state index contributed by atoms with van der Waals surface area (Å²) in [5.41, 5.74) is 0. The van der Waals surface area contributed by atoms with E-state index in [0.29, 0.717) is 37.5 Å². The largest absolute Gasteiger partial charge is 0.472 e. The molecule has 0 spiro atoms. The van der Waals surface area contributed by atoms with Crippen LogP contribution in [0.15, 0.2) is 0 Å². The maximum Gasteiger partial charge on any atom is 0.472 e. The molecule has 0 aliphatic heterocycles. The molecule has 0 saturated carbocycles. The molecule has 0 aromatic heterocycles. The van der Waals surface area contributed by atoms with Gasteiger partial charge in [0.1, 0.15) is 19.3 Å². The number of esters is 4. The van der Waals surface area contributed by atoms with Crippen molar-refractivity contribution in [3.63, 3.8) is 0 Å². The fourth-order valence-corrected chi connectivity index (χ4v) is 11.7. The van der Waals surface area contributed by atoms with E-state index in [1.807, 2.05) is 0 Å². The zero-order valence-corrected chi connectivity index (χ0v) is 58.4. The molecule has 0 amide bonds. The summed E-state index contributed by atoms with van der Waals surface area (Å²) < 4.78 is 68.1. The van der Waals surface area contributed by atoms with Crippen LogP contribution in [-0.2, 0) is 65.4 Å². The number of aliphatic hydroxyl groups excluding tert-OH is 1. The molecule has 0 aliphatic rings. The normalized spacial score (nSPS) is 14.3. The van der Waals surface area contributed by atoms with Crippen molar-refractivity contribution < 1.29 is 80.2 Å². The van der Waals surface area contributed by atoms with Crippen molar-refractivity contribution in [2.45, 2.75) is 350 Å². The van der Waals surface area contributed by atoms with Gasteiger partial charge in [-0.15, -0.1) is 0 Å². The topological polar surface area (TPSA) is 237 Å². The third kappa shape index (κ3) is 62.6. The third-order valence-corrected chi connectivity index (χ3v) is 17.5. The second kappa shape index (κ2) is 57.9. The van der Waals surface area contributed by atoms with Crippen molar-refractivity contribution in [2.75, 3.05) is 39.6 Å². The summed E-state index contributed by atoms with van der Waals surface area (Å²) in [5.74, 6) is 0.742. The first-order valence-electron chi connectivity index (χ1n) is 35.2. The Labute approximate surface area is 530 Å². The Morgan fingerprint density at radius 1 is 0.287 bits per heavy atom. The quantitative estimate of drug-likeness (QED) is 0.0222. The van der Waals surface area contributed by atoms with Gasteiger partial charge in [-0.2, -0.15) is 0 Å². The van der Waals surface area contributed by atoms with E-state index in [9.17, 15) is 43.2 Å². The molecule has 0 fully saturated rings. The zero-order chi connectivity index (χ0) is 64.7. The fraction of sp³-hybridized carbons (Fsp3) is 0.941. The molecule has 2 unspecified atom stereocenters. The number of unbranched alkanes of at least 4 members (excludes halogenated alkanes) is 31. The zero-order valence-electron chi connectivity index (χ0n) is 56.6. The lowest BCUT2D eigenvalue weighted by molar-refractivity contribution is -0.161. The number of phosphoric ester groups is 2. The second-order valence-electron chi connectivity index (χ2n) is 26.5. The van der Waals surface area contributed by atoms with Crippen molar-refractivity contribution in [1.82, 2.24) is 0 Å². The van der Waals surface area contributed by atoms with Crippen molar-refractivity contribution in [2.24, 2.45) is 23.7 Å². The van der Waals surface area contributed by atoms with Crippen molar-refractivity contribution in [1.29, 1.82) is 0 Å². The van der Waals surface area contributed by atoms with Gasteiger partial charge >= 0.3 is 39.5 Å². The highest BCUT2D eigenvalue weighted by Gasteiger charge is 2.30. The maximum absolute atomic E-state index is 13.0. The van der Waals surface area contributed by atoms with Gasteiger partial charge in [-0.05, 0) is 49.4 Å². The molecule has 0 radical (unpaired) electrons. The van der Waals surface area contributed by atoms with Crippen LogP contribution in [0.2, 0.25) is 0 Å². The van der Waals surface area contributed by atoms with E-state index in [-0.39, 0.29) is 25.7 Å².